The maximum atomic E-state index is 10.8. The standard InChI is InChI=1S/C12H15ClN2O7/c13-6-2-1-5(3-7(6)15(20)21)14-12-11(19)10(18)9(17)8(4-16)22-12/h1-3,8-12,14,16-19H,4H2/t8-,9+,10+,11-,12-/m1/s1. The molecule has 0 radical (unpaired) electrons. The van der Waals surface area contributed by atoms with Gasteiger partial charge >= 0.3 is 0 Å². The van der Waals surface area contributed by atoms with Crippen molar-refractivity contribution in [3.63, 3.8) is 0 Å². The maximum Gasteiger partial charge on any atom is 0.289 e. The molecule has 22 heavy (non-hydrogen) atoms. The Bertz CT molecular complexity index is 556. The summed E-state index contributed by atoms with van der Waals surface area (Å²) in [5.41, 5.74) is -0.114. The van der Waals surface area contributed by atoms with Gasteiger partial charge in [0.05, 0.1) is 11.5 Å². The van der Waals surface area contributed by atoms with Crippen LogP contribution < -0.4 is 5.32 Å². The van der Waals surface area contributed by atoms with E-state index < -0.39 is 42.2 Å². The zero-order chi connectivity index (χ0) is 16.4. The fraction of sp³-hybridized carbons (Fsp3) is 0.500. The van der Waals surface area contributed by atoms with Crippen molar-refractivity contribution >= 4 is 23.0 Å². The third kappa shape index (κ3) is 3.29. The number of nitro groups is 1. The molecule has 0 aromatic heterocycles. The molecule has 1 heterocycles. The van der Waals surface area contributed by atoms with Gasteiger partial charge in [-0.05, 0) is 12.1 Å². The number of aliphatic hydroxyl groups is 4. The summed E-state index contributed by atoms with van der Waals surface area (Å²) in [7, 11) is 0. The first-order valence-corrected chi connectivity index (χ1v) is 6.74. The normalized spacial score (nSPS) is 31.8. The smallest absolute Gasteiger partial charge is 0.289 e. The number of aliphatic hydroxyl groups excluding tert-OH is 4. The minimum absolute atomic E-state index is 0.0515. The number of nitro benzene ring substituents is 1. The Morgan fingerprint density at radius 2 is 1.95 bits per heavy atom. The van der Waals surface area contributed by atoms with Gasteiger partial charge in [0, 0.05) is 11.8 Å². The molecule has 0 saturated carbocycles. The van der Waals surface area contributed by atoms with E-state index in [0.717, 1.165) is 6.07 Å². The van der Waals surface area contributed by atoms with Crippen LogP contribution in [0.3, 0.4) is 0 Å². The average molecular weight is 335 g/mol. The quantitative estimate of drug-likeness (QED) is 0.364. The highest BCUT2D eigenvalue weighted by Crippen LogP contribution is 2.29. The Morgan fingerprint density at radius 3 is 2.55 bits per heavy atom. The zero-order valence-electron chi connectivity index (χ0n) is 11.2. The van der Waals surface area contributed by atoms with Crippen molar-refractivity contribution in [2.45, 2.75) is 30.6 Å². The van der Waals surface area contributed by atoms with Crippen LogP contribution >= 0.6 is 11.6 Å². The third-order valence-electron chi connectivity index (χ3n) is 3.34. The first-order valence-electron chi connectivity index (χ1n) is 6.36. The Hall–Kier alpha value is -1.49. The van der Waals surface area contributed by atoms with E-state index in [2.05, 4.69) is 5.32 Å². The molecule has 0 amide bonds. The Labute approximate surface area is 129 Å². The first-order chi connectivity index (χ1) is 10.3. The minimum Gasteiger partial charge on any atom is -0.394 e. The molecule has 1 aromatic carbocycles. The molecular weight excluding hydrogens is 320 g/mol. The highest BCUT2D eigenvalue weighted by molar-refractivity contribution is 6.32. The monoisotopic (exact) mass is 334 g/mol. The van der Waals surface area contributed by atoms with Gasteiger partial charge in [0.2, 0.25) is 0 Å². The molecule has 0 unspecified atom stereocenters. The van der Waals surface area contributed by atoms with Crippen molar-refractivity contribution < 1.29 is 30.1 Å². The van der Waals surface area contributed by atoms with E-state index in [9.17, 15) is 25.4 Å². The zero-order valence-corrected chi connectivity index (χ0v) is 11.9. The van der Waals surface area contributed by atoms with Crippen molar-refractivity contribution in [3.05, 3.63) is 33.3 Å². The van der Waals surface area contributed by atoms with Gasteiger partial charge in [-0.2, -0.15) is 0 Å². The molecular formula is C12H15ClN2O7. The summed E-state index contributed by atoms with van der Waals surface area (Å²) in [5.74, 6) is 0. The molecule has 1 aliphatic heterocycles. The van der Waals surface area contributed by atoms with Crippen molar-refractivity contribution in [2.75, 3.05) is 11.9 Å². The first kappa shape index (κ1) is 16.9. The molecule has 0 spiro atoms. The van der Waals surface area contributed by atoms with Gasteiger partial charge in [-0.15, -0.1) is 0 Å². The summed E-state index contributed by atoms with van der Waals surface area (Å²) in [6.45, 7) is -0.566. The lowest BCUT2D eigenvalue weighted by molar-refractivity contribution is -0.384. The molecule has 1 saturated heterocycles. The van der Waals surface area contributed by atoms with Gasteiger partial charge in [-0.3, -0.25) is 10.1 Å². The SMILES string of the molecule is O=[N+]([O-])c1cc(N[C@@H]2O[C@H](CO)[C@H](O)[C@H](O)[C@H]2O)ccc1Cl. The molecule has 2 rings (SSSR count). The van der Waals surface area contributed by atoms with Gasteiger partial charge < -0.3 is 30.5 Å². The molecule has 5 atom stereocenters. The van der Waals surface area contributed by atoms with Gasteiger partial charge in [-0.25, -0.2) is 0 Å². The number of anilines is 1. The van der Waals surface area contributed by atoms with Crippen LogP contribution in [0.5, 0.6) is 0 Å². The van der Waals surface area contributed by atoms with Gasteiger partial charge in [0.15, 0.2) is 6.23 Å². The van der Waals surface area contributed by atoms with E-state index in [1.54, 1.807) is 0 Å². The lowest BCUT2D eigenvalue weighted by Crippen LogP contribution is -2.60. The van der Waals surface area contributed by atoms with E-state index in [1.165, 1.54) is 12.1 Å². The number of benzene rings is 1. The van der Waals surface area contributed by atoms with E-state index >= 15 is 0 Å². The number of nitrogens with one attached hydrogen (secondary N) is 1. The number of halogens is 1. The van der Waals surface area contributed by atoms with Crippen molar-refractivity contribution in [2.24, 2.45) is 0 Å². The number of nitrogens with zero attached hydrogens (tertiary/aromatic N) is 1. The Kier molecular flexibility index (Phi) is 5.16. The highest BCUT2D eigenvalue weighted by Gasteiger charge is 2.43. The molecule has 1 fully saturated rings. The summed E-state index contributed by atoms with van der Waals surface area (Å²) < 4.78 is 5.24. The number of hydrogen-bond acceptors (Lipinski definition) is 8. The van der Waals surface area contributed by atoms with Crippen LogP contribution in [0.15, 0.2) is 18.2 Å². The summed E-state index contributed by atoms with van der Waals surface area (Å²) >= 11 is 5.69. The third-order valence-corrected chi connectivity index (χ3v) is 3.66. The van der Waals surface area contributed by atoms with Crippen molar-refractivity contribution in [3.8, 4) is 0 Å². The number of ether oxygens (including phenoxy) is 1. The predicted molar refractivity (Wildman–Crippen MR) is 75.5 cm³/mol. The highest BCUT2D eigenvalue weighted by atomic mass is 35.5. The van der Waals surface area contributed by atoms with Crippen molar-refractivity contribution in [1.29, 1.82) is 0 Å². The maximum absolute atomic E-state index is 10.8. The molecule has 9 nitrogen and oxygen atoms in total. The minimum atomic E-state index is -1.54. The molecule has 0 bridgehead atoms. The molecule has 122 valence electrons. The molecule has 5 N–H and O–H groups in total. The fourth-order valence-corrected chi connectivity index (χ4v) is 2.31. The lowest BCUT2D eigenvalue weighted by atomic mass is 9.98. The van der Waals surface area contributed by atoms with Crippen molar-refractivity contribution in [1.82, 2.24) is 0 Å². The Balaban J connectivity index is 2.19. The second kappa shape index (κ2) is 6.73. The van der Waals surface area contributed by atoms with Gasteiger partial charge in [0.25, 0.3) is 5.69 Å². The molecule has 0 aliphatic carbocycles. The van der Waals surface area contributed by atoms with Crippen LogP contribution in [0.1, 0.15) is 0 Å². The number of rotatable bonds is 4. The summed E-state index contributed by atoms with van der Waals surface area (Å²) in [4.78, 5) is 10.2. The average Bonchev–Trinajstić information content (AvgIpc) is 2.49. The topological polar surface area (TPSA) is 145 Å². The van der Waals surface area contributed by atoms with Crippen LogP contribution in [0.4, 0.5) is 11.4 Å². The summed E-state index contributed by atoms with van der Waals surface area (Å²) in [6.07, 6.45) is -6.75. The van der Waals surface area contributed by atoms with Gasteiger partial charge in [-0.1, -0.05) is 11.6 Å². The van der Waals surface area contributed by atoms with Gasteiger partial charge in [0.1, 0.15) is 29.4 Å². The van der Waals surface area contributed by atoms with Crippen LogP contribution in [0, 0.1) is 10.1 Å². The second-order valence-electron chi connectivity index (χ2n) is 4.82. The summed E-state index contributed by atoms with van der Waals surface area (Å²) in [6, 6.07) is 3.87. The van der Waals surface area contributed by atoms with Crippen LogP contribution in [-0.4, -0.2) is 62.6 Å². The molecule has 1 aromatic rings. The largest absolute Gasteiger partial charge is 0.394 e. The van der Waals surface area contributed by atoms with E-state index in [4.69, 9.17) is 21.4 Å². The Morgan fingerprint density at radius 1 is 1.27 bits per heavy atom. The van der Waals surface area contributed by atoms with E-state index in [1.807, 2.05) is 0 Å². The van der Waals surface area contributed by atoms with E-state index in [-0.39, 0.29) is 16.4 Å². The predicted octanol–water partition coefficient (Wildman–Crippen LogP) is -0.540. The molecule has 1 aliphatic rings. The fourth-order valence-electron chi connectivity index (χ4n) is 2.13. The van der Waals surface area contributed by atoms with Crippen LogP contribution in [-0.2, 0) is 4.74 Å². The van der Waals surface area contributed by atoms with Crippen LogP contribution in [0.25, 0.3) is 0 Å². The lowest BCUT2D eigenvalue weighted by Gasteiger charge is -2.40. The number of hydrogen-bond donors (Lipinski definition) is 5. The van der Waals surface area contributed by atoms with Crippen LogP contribution in [0.2, 0.25) is 5.02 Å². The molecule has 10 heteroatoms. The second-order valence-corrected chi connectivity index (χ2v) is 5.22. The summed E-state index contributed by atoms with van der Waals surface area (Å²) in [5, 5.41) is 51.7. The van der Waals surface area contributed by atoms with E-state index in [0.29, 0.717) is 0 Å².